The summed E-state index contributed by atoms with van der Waals surface area (Å²) in [6.07, 6.45) is 0. The maximum atomic E-state index is 11.2. The Labute approximate surface area is 110 Å². The zero-order valence-corrected chi connectivity index (χ0v) is 10.9. The summed E-state index contributed by atoms with van der Waals surface area (Å²) in [5.74, 6) is 0.250. The molecule has 0 bridgehead atoms. The Hall–Kier alpha value is -2.50. The second-order valence-corrected chi connectivity index (χ2v) is 3.98. The smallest absolute Gasteiger partial charge is 0.343 e. The van der Waals surface area contributed by atoms with E-state index in [2.05, 4.69) is 5.10 Å². The molecule has 0 unspecified atom stereocenters. The van der Waals surface area contributed by atoms with Gasteiger partial charge in [0.25, 0.3) is 0 Å². The highest BCUT2D eigenvalue weighted by Gasteiger charge is 2.21. The molecule has 1 N–H and O–H groups in total. The summed E-state index contributed by atoms with van der Waals surface area (Å²) in [5.41, 5.74) is 0.471. The summed E-state index contributed by atoms with van der Waals surface area (Å²) in [6, 6.07) is 6.93. The highest BCUT2D eigenvalue weighted by atomic mass is 16.5. The lowest BCUT2D eigenvalue weighted by Crippen LogP contribution is -2.02. The molecule has 0 radical (unpaired) electrons. The molecule has 0 aliphatic carbocycles. The molecule has 6 heteroatoms. The second-order valence-electron chi connectivity index (χ2n) is 3.98. The predicted molar refractivity (Wildman–Crippen MR) is 68.0 cm³/mol. The summed E-state index contributed by atoms with van der Waals surface area (Å²) in [4.78, 5) is 11.2. The number of ether oxygens (including phenoxy) is 2. The van der Waals surface area contributed by atoms with E-state index in [0.717, 1.165) is 0 Å². The van der Waals surface area contributed by atoms with Gasteiger partial charge in [-0.2, -0.15) is 5.10 Å². The highest BCUT2D eigenvalue weighted by Crippen LogP contribution is 2.29. The van der Waals surface area contributed by atoms with E-state index in [4.69, 9.17) is 9.47 Å². The maximum Gasteiger partial charge on any atom is 0.343 e. The third kappa shape index (κ3) is 2.52. The molecule has 0 saturated heterocycles. The highest BCUT2D eigenvalue weighted by molar-refractivity contribution is 5.91. The molecule has 1 heterocycles. The zero-order valence-electron chi connectivity index (χ0n) is 10.9. The number of methoxy groups -OCH3 is 1. The van der Waals surface area contributed by atoms with Crippen LogP contribution in [0, 0.1) is 6.92 Å². The number of nitrogens with zero attached hydrogens (tertiary/aromatic N) is 2. The van der Waals surface area contributed by atoms with Crippen LogP contribution in [-0.4, -0.2) is 28.0 Å². The molecule has 1 aromatic heterocycles. The van der Waals surface area contributed by atoms with E-state index in [1.165, 1.54) is 4.68 Å². The van der Waals surface area contributed by atoms with Gasteiger partial charge >= 0.3 is 5.97 Å². The molecule has 0 atom stereocenters. The van der Waals surface area contributed by atoms with Crippen LogP contribution < -0.4 is 9.47 Å². The molecule has 100 valence electrons. The number of carbonyl (C=O) groups is 1. The van der Waals surface area contributed by atoms with Crippen molar-refractivity contribution in [2.75, 3.05) is 7.11 Å². The molecular weight excluding hydrogens is 248 g/mol. The Kier molecular flexibility index (Phi) is 3.41. The van der Waals surface area contributed by atoms with Crippen molar-refractivity contribution < 1.29 is 19.4 Å². The first-order valence-electron chi connectivity index (χ1n) is 5.61. The topological polar surface area (TPSA) is 73.6 Å². The van der Waals surface area contributed by atoms with E-state index in [-0.39, 0.29) is 11.4 Å². The zero-order chi connectivity index (χ0) is 14.0. The molecule has 6 nitrogen and oxygen atoms in total. The third-order valence-corrected chi connectivity index (χ3v) is 2.64. The number of rotatable bonds is 4. The first-order chi connectivity index (χ1) is 9.02. The van der Waals surface area contributed by atoms with Crippen molar-refractivity contribution in [3.8, 4) is 17.4 Å². The molecule has 2 rings (SSSR count). The van der Waals surface area contributed by atoms with Gasteiger partial charge < -0.3 is 14.6 Å². The summed E-state index contributed by atoms with van der Waals surface area (Å²) < 4.78 is 12.1. The number of hydrogen-bond acceptors (Lipinski definition) is 4. The number of benzene rings is 1. The lowest BCUT2D eigenvalue weighted by Gasteiger charge is -2.08. The monoisotopic (exact) mass is 262 g/mol. The number of hydrogen-bond donors (Lipinski definition) is 1. The fraction of sp³-hybridized carbons (Fsp3) is 0.231. The van der Waals surface area contributed by atoms with Crippen molar-refractivity contribution in [2.45, 2.75) is 6.92 Å². The van der Waals surface area contributed by atoms with Crippen molar-refractivity contribution in [1.82, 2.24) is 9.78 Å². The van der Waals surface area contributed by atoms with Gasteiger partial charge in [0.05, 0.1) is 12.8 Å². The van der Waals surface area contributed by atoms with Gasteiger partial charge in [-0.25, -0.2) is 9.48 Å². The van der Waals surface area contributed by atoms with Crippen LogP contribution in [0.4, 0.5) is 0 Å². The van der Waals surface area contributed by atoms with Gasteiger partial charge in [0.2, 0.25) is 5.88 Å². The molecular formula is C13H14N2O4. The Bertz CT molecular complexity index is 619. The molecule has 19 heavy (non-hydrogen) atoms. The van der Waals surface area contributed by atoms with Gasteiger partial charge in [0, 0.05) is 13.1 Å². The normalized spacial score (nSPS) is 10.3. The minimum atomic E-state index is -1.07. The molecule has 0 aliphatic heterocycles. The summed E-state index contributed by atoms with van der Waals surface area (Å²) in [7, 11) is 3.19. The molecule has 0 amide bonds. The van der Waals surface area contributed by atoms with E-state index in [1.54, 1.807) is 45.3 Å². The number of aromatic nitrogens is 2. The SMILES string of the molecule is COc1cccc(Oc2c(C(=O)O)c(C)nn2C)c1. The van der Waals surface area contributed by atoms with Crippen molar-refractivity contribution in [3.63, 3.8) is 0 Å². The van der Waals surface area contributed by atoms with E-state index >= 15 is 0 Å². The van der Waals surface area contributed by atoms with E-state index in [1.807, 2.05) is 0 Å². The first-order valence-corrected chi connectivity index (χ1v) is 5.61. The van der Waals surface area contributed by atoms with Gasteiger partial charge in [0.1, 0.15) is 17.1 Å². The summed E-state index contributed by atoms with van der Waals surface area (Å²) in [5, 5.41) is 13.2. The van der Waals surface area contributed by atoms with Crippen LogP contribution >= 0.6 is 0 Å². The Morgan fingerprint density at radius 2 is 2.05 bits per heavy atom. The van der Waals surface area contributed by atoms with Gasteiger partial charge in [-0.1, -0.05) is 6.07 Å². The number of aromatic carboxylic acids is 1. The van der Waals surface area contributed by atoms with Gasteiger partial charge in [-0.3, -0.25) is 0 Å². The van der Waals surface area contributed by atoms with Crippen molar-refractivity contribution in [1.29, 1.82) is 0 Å². The van der Waals surface area contributed by atoms with Crippen molar-refractivity contribution >= 4 is 5.97 Å². The Morgan fingerprint density at radius 1 is 1.37 bits per heavy atom. The third-order valence-electron chi connectivity index (χ3n) is 2.64. The van der Waals surface area contributed by atoms with Crippen LogP contribution in [0.1, 0.15) is 16.1 Å². The van der Waals surface area contributed by atoms with Crippen LogP contribution in [0.3, 0.4) is 0 Å². The standard InChI is InChI=1S/C13H14N2O4/c1-8-11(13(16)17)12(15(2)14-8)19-10-6-4-5-9(7-10)18-3/h4-7H,1-3H3,(H,16,17). The van der Waals surface area contributed by atoms with Gasteiger partial charge in [0.15, 0.2) is 0 Å². The molecule has 1 aromatic carbocycles. The van der Waals surface area contributed by atoms with Crippen LogP contribution in [0.5, 0.6) is 17.4 Å². The lowest BCUT2D eigenvalue weighted by molar-refractivity contribution is 0.0693. The Morgan fingerprint density at radius 3 is 2.68 bits per heavy atom. The minimum Gasteiger partial charge on any atom is -0.497 e. The number of carboxylic acids is 1. The summed E-state index contributed by atoms with van der Waals surface area (Å²) >= 11 is 0. The Balaban J connectivity index is 2.40. The minimum absolute atomic E-state index is 0.0605. The molecule has 0 aliphatic rings. The van der Waals surface area contributed by atoms with E-state index in [9.17, 15) is 9.90 Å². The van der Waals surface area contributed by atoms with Crippen molar-refractivity contribution in [3.05, 3.63) is 35.5 Å². The number of aryl methyl sites for hydroxylation is 2. The van der Waals surface area contributed by atoms with Crippen LogP contribution in [-0.2, 0) is 7.05 Å². The number of carboxylic acid groups (broad SMARTS) is 1. The fourth-order valence-electron chi connectivity index (χ4n) is 1.78. The van der Waals surface area contributed by atoms with Gasteiger partial charge in [-0.15, -0.1) is 0 Å². The fourth-order valence-corrected chi connectivity index (χ4v) is 1.78. The lowest BCUT2D eigenvalue weighted by atomic mass is 10.2. The van der Waals surface area contributed by atoms with E-state index in [0.29, 0.717) is 17.2 Å². The molecule has 2 aromatic rings. The molecule has 0 spiro atoms. The average Bonchev–Trinajstić information content (AvgIpc) is 2.64. The maximum absolute atomic E-state index is 11.2. The molecule has 0 saturated carbocycles. The van der Waals surface area contributed by atoms with Gasteiger partial charge in [-0.05, 0) is 19.1 Å². The van der Waals surface area contributed by atoms with Crippen LogP contribution in [0.25, 0.3) is 0 Å². The quantitative estimate of drug-likeness (QED) is 0.914. The van der Waals surface area contributed by atoms with Crippen molar-refractivity contribution in [2.24, 2.45) is 7.05 Å². The predicted octanol–water partition coefficient (Wildman–Crippen LogP) is 2.23. The van der Waals surface area contributed by atoms with Crippen LogP contribution in [0.2, 0.25) is 0 Å². The van der Waals surface area contributed by atoms with Crippen LogP contribution in [0.15, 0.2) is 24.3 Å². The summed E-state index contributed by atoms with van der Waals surface area (Å²) in [6.45, 7) is 1.63. The van der Waals surface area contributed by atoms with E-state index < -0.39 is 5.97 Å². The average molecular weight is 262 g/mol. The molecule has 0 fully saturated rings. The largest absolute Gasteiger partial charge is 0.497 e. The first kappa shape index (κ1) is 12.9. The second kappa shape index (κ2) is 5.01.